The van der Waals surface area contributed by atoms with Gasteiger partial charge in [0.2, 0.25) is 5.91 Å². The van der Waals surface area contributed by atoms with E-state index in [1.165, 1.54) is 18.2 Å². The zero-order chi connectivity index (χ0) is 21.0. The number of amides is 2. The molecule has 0 bridgehead atoms. The van der Waals surface area contributed by atoms with Crippen LogP contribution in [-0.2, 0) is 10.2 Å². The van der Waals surface area contributed by atoms with E-state index in [1.807, 2.05) is 30.3 Å². The molecule has 2 amide bonds. The monoisotopic (exact) mass is 402 g/mol. The van der Waals surface area contributed by atoms with E-state index in [0.717, 1.165) is 31.2 Å². The molecule has 4 rings (SSSR count). The second-order valence-corrected chi connectivity index (χ2v) is 7.62. The minimum Gasteiger partial charge on any atom is -0.325 e. The van der Waals surface area contributed by atoms with Gasteiger partial charge in [-0.2, -0.15) is 0 Å². The van der Waals surface area contributed by atoms with E-state index in [9.17, 15) is 14.0 Å². The highest BCUT2D eigenvalue weighted by atomic mass is 19.1. The first kappa shape index (κ1) is 19.8. The Morgan fingerprint density at radius 3 is 1.93 bits per heavy atom. The van der Waals surface area contributed by atoms with Gasteiger partial charge in [-0.1, -0.05) is 55.3 Å². The average molecular weight is 402 g/mol. The molecule has 0 aromatic heterocycles. The number of anilines is 2. The third-order valence-electron chi connectivity index (χ3n) is 5.74. The number of halogens is 1. The van der Waals surface area contributed by atoms with E-state index in [1.54, 1.807) is 30.3 Å². The second kappa shape index (κ2) is 8.49. The Morgan fingerprint density at radius 2 is 1.30 bits per heavy atom. The minimum atomic E-state index is -0.568. The topological polar surface area (TPSA) is 58.2 Å². The number of nitrogens with one attached hydrogen (secondary N) is 2. The highest BCUT2D eigenvalue weighted by molar-refractivity contribution is 6.04. The smallest absolute Gasteiger partial charge is 0.258 e. The fourth-order valence-corrected chi connectivity index (χ4v) is 4.11. The standard InChI is InChI=1S/C25H23FN2O2/c26-22-11-5-4-10-21(22)23(29)27-19-12-14-20(15-13-19)28-24(30)25(16-6-7-17-25)18-8-2-1-3-9-18/h1-5,8-15H,6-7,16-17H2,(H,27,29)(H,28,30). The number of hydrogen-bond acceptors (Lipinski definition) is 2. The van der Waals surface area contributed by atoms with Crippen molar-refractivity contribution in [1.29, 1.82) is 0 Å². The van der Waals surface area contributed by atoms with E-state index in [2.05, 4.69) is 10.6 Å². The Labute approximate surface area is 175 Å². The highest BCUT2D eigenvalue weighted by Gasteiger charge is 2.42. The van der Waals surface area contributed by atoms with Crippen molar-refractivity contribution in [2.45, 2.75) is 31.1 Å². The number of carbonyl (C=O) groups is 2. The molecule has 0 aliphatic heterocycles. The molecule has 2 N–H and O–H groups in total. The molecule has 0 unspecified atom stereocenters. The van der Waals surface area contributed by atoms with Gasteiger partial charge in [0.25, 0.3) is 5.91 Å². The largest absolute Gasteiger partial charge is 0.325 e. The molecule has 1 aliphatic carbocycles. The van der Waals surface area contributed by atoms with Crippen LogP contribution in [0.3, 0.4) is 0 Å². The summed E-state index contributed by atoms with van der Waals surface area (Å²) in [5.74, 6) is -1.09. The zero-order valence-electron chi connectivity index (χ0n) is 16.5. The van der Waals surface area contributed by atoms with Crippen LogP contribution >= 0.6 is 0 Å². The van der Waals surface area contributed by atoms with Crippen molar-refractivity contribution in [2.75, 3.05) is 10.6 Å². The van der Waals surface area contributed by atoms with Gasteiger partial charge in [-0.3, -0.25) is 9.59 Å². The van der Waals surface area contributed by atoms with Crippen LogP contribution in [0, 0.1) is 5.82 Å². The normalized spacial score (nSPS) is 14.8. The Morgan fingerprint density at radius 1 is 0.733 bits per heavy atom. The lowest BCUT2D eigenvalue weighted by molar-refractivity contribution is -0.121. The molecule has 3 aromatic carbocycles. The molecule has 5 heteroatoms. The molecular weight excluding hydrogens is 379 g/mol. The SMILES string of the molecule is O=C(Nc1ccc(NC(=O)C2(c3ccccc3)CCCC2)cc1)c1ccccc1F. The van der Waals surface area contributed by atoms with Gasteiger partial charge in [-0.25, -0.2) is 4.39 Å². The summed E-state index contributed by atoms with van der Waals surface area (Å²) in [6.07, 6.45) is 3.73. The number of carbonyl (C=O) groups excluding carboxylic acids is 2. The fourth-order valence-electron chi connectivity index (χ4n) is 4.11. The Bertz CT molecular complexity index is 1040. The number of hydrogen-bond donors (Lipinski definition) is 2. The third kappa shape index (κ3) is 3.96. The van der Waals surface area contributed by atoms with E-state index in [-0.39, 0.29) is 11.5 Å². The summed E-state index contributed by atoms with van der Waals surface area (Å²) in [6.45, 7) is 0. The van der Waals surface area contributed by atoms with Crippen LogP contribution in [-0.4, -0.2) is 11.8 Å². The van der Waals surface area contributed by atoms with Gasteiger partial charge < -0.3 is 10.6 Å². The van der Waals surface area contributed by atoms with Gasteiger partial charge in [-0.05, 0) is 54.8 Å². The first-order valence-electron chi connectivity index (χ1n) is 10.1. The molecule has 1 aliphatic rings. The van der Waals surface area contributed by atoms with Gasteiger partial charge in [0, 0.05) is 11.4 Å². The maximum absolute atomic E-state index is 13.8. The van der Waals surface area contributed by atoms with Crippen LogP contribution in [0.4, 0.5) is 15.8 Å². The van der Waals surface area contributed by atoms with E-state index in [0.29, 0.717) is 11.4 Å². The molecule has 0 heterocycles. The van der Waals surface area contributed by atoms with Gasteiger partial charge in [0.15, 0.2) is 0 Å². The molecule has 0 radical (unpaired) electrons. The van der Waals surface area contributed by atoms with Gasteiger partial charge in [0.05, 0.1) is 11.0 Å². The van der Waals surface area contributed by atoms with Crippen LogP contribution < -0.4 is 10.6 Å². The number of rotatable bonds is 5. The summed E-state index contributed by atoms with van der Waals surface area (Å²) in [6, 6.07) is 22.6. The van der Waals surface area contributed by atoms with Crippen molar-refractivity contribution < 1.29 is 14.0 Å². The van der Waals surface area contributed by atoms with Crippen molar-refractivity contribution in [3.05, 3.63) is 95.8 Å². The third-order valence-corrected chi connectivity index (χ3v) is 5.74. The first-order valence-corrected chi connectivity index (χ1v) is 10.1. The molecule has 0 saturated heterocycles. The van der Waals surface area contributed by atoms with Crippen LogP contribution in [0.1, 0.15) is 41.6 Å². The molecule has 0 atom stereocenters. The van der Waals surface area contributed by atoms with Crippen molar-refractivity contribution in [3.8, 4) is 0 Å². The Balaban J connectivity index is 1.46. The van der Waals surface area contributed by atoms with Gasteiger partial charge in [-0.15, -0.1) is 0 Å². The lowest BCUT2D eigenvalue weighted by atomic mass is 9.78. The summed E-state index contributed by atoms with van der Waals surface area (Å²) >= 11 is 0. The minimum absolute atomic E-state index is 0.00524. The van der Waals surface area contributed by atoms with Crippen molar-refractivity contribution >= 4 is 23.2 Å². The maximum atomic E-state index is 13.8. The van der Waals surface area contributed by atoms with Crippen LogP contribution in [0.15, 0.2) is 78.9 Å². The molecule has 152 valence electrons. The van der Waals surface area contributed by atoms with Gasteiger partial charge >= 0.3 is 0 Å². The van der Waals surface area contributed by atoms with Crippen LogP contribution in [0.5, 0.6) is 0 Å². The molecule has 1 saturated carbocycles. The quantitative estimate of drug-likeness (QED) is 0.590. The number of benzene rings is 3. The predicted octanol–water partition coefficient (Wildman–Crippen LogP) is 5.53. The first-order chi connectivity index (χ1) is 14.6. The van der Waals surface area contributed by atoms with Crippen molar-refractivity contribution in [2.24, 2.45) is 0 Å². The fraction of sp³-hybridized carbons (Fsp3) is 0.200. The molecule has 3 aromatic rings. The molecule has 0 spiro atoms. The predicted molar refractivity (Wildman–Crippen MR) is 116 cm³/mol. The van der Waals surface area contributed by atoms with Gasteiger partial charge in [0.1, 0.15) is 5.82 Å². The second-order valence-electron chi connectivity index (χ2n) is 7.62. The lowest BCUT2D eigenvalue weighted by Crippen LogP contribution is -2.37. The molecule has 4 nitrogen and oxygen atoms in total. The summed E-state index contributed by atoms with van der Waals surface area (Å²) in [5.41, 5.74) is 1.72. The van der Waals surface area contributed by atoms with Crippen molar-refractivity contribution in [1.82, 2.24) is 0 Å². The summed E-state index contributed by atoms with van der Waals surface area (Å²) in [4.78, 5) is 25.4. The summed E-state index contributed by atoms with van der Waals surface area (Å²) in [7, 11) is 0. The molecule has 30 heavy (non-hydrogen) atoms. The zero-order valence-corrected chi connectivity index (χ0v) is 16.5. The van der Waals surface area contributed by atoms with Crippen molar-refractivity contribution in [3.63, 3.8) is 0 Å². The maximum Gasteiger partial charge on any atom is 0.258 e. The summed E-state index contributed by atoms with van der Waals surface area (Å²) in [5, 5.41) is 5.71. The van der Waals surface area contributed by atoms with Crippen LogP contribution in [0.2, 0.25) is 0 Å². The Kier molecular flexibility index (Phi) is 5.61. The molecule has 1 fully saturated rings. The van der Waals surface area contributed by atoms with E-state index in [4.69, 9.17) is 0 Å². The molecular formula is C25H23FN2O2. The van der Waals surface area contributed by atoms with E-state index >= 15 is 0 Å². The summed E-state index contributed by atoms with van der Waals surface area (Å²) < 4.78 is 13.8. The van der Waals surface area contributed by atoms with Crippen LogP contribution in [0.25, 0.3) is 0 Å². The van der Waals surface area contributed by atoms with E-state index < -0.39 is 17.1 Å². The lowest BCUT2D eigenvalue weighted by Gasteiger charge is -2.28. The average Bonchev–Trinajstić information content (AvgIpc) is 3.27. The highest BCUT2D eigenvalue weighted by Crippen LogP contribution is 2.42. The Hall–Kier alpha value is -3.47.